The lowest BCUT2D eigenvalue weighted by molar-refractivity contribution is -0.149. The zero-order valence-electron chi connectivity index (χ0n) is 30.8. The Balaban J connectivity index is 4.04. The molecule has 0 aromatic carbocycles. The second kappa shape index (κ2) is 38.4. The molecule has 2 heteroatoms. The van der Waals surface area contributed by atoms with Gasteiger partial charge in [-0.05, 0) is 44.9 Å². The van der Waals surface area contributed by atoms with Gasteiger partial charge >= 0.3 is 5.97 Å². The first-order valence-corrected chi connectivity index (χ1v) is 20.6. The molecule has 0 rings (SSSR count). The zero-order valence-corrected chi connectivity index (χ0v) is 30.8. The van der Waals surface area contributed by atoms with E-state index in [9.17, 15) is 4.79 Å². The minimum Gasteiger partial charge on any atom is -0.465 e. The number of rotatable bonds is 37. The summed E-state index contributed by atoms with van der Waals surface area (Å²) in [6, 6.07) is 0. The summed E-state index contributed by atoms with van der Waals surface area (Å²) in [5.41, 5.74) is 0. The van der Waals surface area contributed by atoms with Crippen molar-refractivity contribution in [2.45, 2.75) is 239 Å². The van der Waals surface area contributed by atoms with Crippen molar-refractivity contribution in [2.75, 3.05) is 6.61 Å². The fraction of sp³-hybridized carbons (Fsp3) is 0.929. The van der Waals surface area contributed by atoms with E-state index in [0.29, 0.717) is 6.61 Å². The lowest BCUT2D eigenvalue weighted by Gasteiger charge is -2.16. The van der Waals surface area contributed by atoms with E-state index in [4.69, 9.17) is 4.74 Å². The van der Waals surface area contributed by atoms with Crippen molar-refractivity contribution in [3.63, 3.8) is 0 Å². The topological polar surface area (TPSA) is 26.3 Å². The highest BCUT2D eigenvalue weighted by Gasteiger charge is 2.19. The number of hydrogen-bond acceptors (Lipinski definition) is 2. The molecule has 44 heavy (non-hydrogen) atoms. The monoisotopic (exact) mass is 619 g/mol. The van der Waals surface area contributed by atoms with Gasteiger partial charge < -0.3 is 4.74 Å². The molecule has 0 aliphatic rings. The lowest BCUT2D eigenvalue weighted by Crippen LogP contribution is -2.18. The number of carbonyl (C=O) groups excluding carboxylic acids is 1. The predicted octanol–water partition coefficient (Wildman–Crippen LogP) is 15.0. The molecule has 0 bridgehead atoms. The highest BCUT2D eigenvalue weighted by atomic mass is 16.5. The molecule has 0 N–H and O–H groups in total. The van der Waals surface area contributed by atoms with Crippen LogP contribution >= 0.6 is 0 Å². The largest absolute Gasteiger partial charge is 0.465 e. The van der Waals surface area contributed by atoms with Crippen molar-refractivity contribution in [2.24, 2.45) is 5.92 Å². The zero-order chi connectivity index (χ0) is 32.0. The molecular formula is C42H82O2. The van der Waals surface area contributed by atoms with E-state index in [1.165, 1.54) is 199 Å². The van der Waals surface area contributed by atoms with Crippen LogP contribution in [0.3, 0.4) is 0 Å². The van der Waals surface area contributed by atoms with E-state index in [-0.39, 0.29) is 11.9 Å². The molecule has 0 saturated carbocycles. The standard InChI is InChI=1S/C42H82O2/c1-4-7-10-13-16-19-21-23-24-25-27-30-33-36-39-41(38-35-32-29-18-15-12-9-6-3)42(43)44-40-37-34-31-28-26-22-20-17-14-11-8-5-2/h23-24,41H,4-22,25-40H2,1-3H3/b24-23-. The second-order valence-electron chi connectivity index (χ2n) is 14.0. The van der Waals surface area contributed by atoms with Crippen molar-refractivity contribution >= 4 is 5.97 Å². The third kappa shape index (κ3) is 34.1. The molecule has 1 atom stereocenters. The number of hydrogen-bond donors (Lipinski definition) is 0. The van der Waals surface area contributed by atoms with E-state index in [1.54, 1.807) is 0 Å². The first-order valence-electron chi connectivity index (χ1n) is 20.6. The van der Waals surface area contributed by atoms with Crippen molar-refractivity contribution in [1.82, 2.24) is 0 Å². The van der Waals surface area contributed by atoms with Gasteiger partial charge in [0.05, 0.1) is 12.5 Å². The fourth-order valence-electron chi connectivity index (χ4n) is 6.42. The summed E-state index contributed by atoms with van der Waals surface area (Å²) in [6.45, 7) is 7.49. The Hall–Kier alpha value is -0.790. The van der Waals surface area contributed by atoms with Gasteiger partial charge in [0.2, 0.25) is 0 Å². The summed E-state index contributed by atoms with van der Waals surface area (Å²) in [6.07, 6.45) is 49.4. The van der Waals surface area contributed by atoms with Gasteiger partial charge in [0.15, 0.2) is 0 Å². The smallest absolute Gasteiger partial charge is 0.308 e. The molecule has 1 unspecified atom stereocenters. The predicted molar refractivity (Wildman–Crippen MR) is 198 cm³/mol. The third-order valence-corrected chi connectivity index (χ3v) is 9.55. The second-order valence-corrected chi connectivity index (χ2v) is 14.0. The molecule has 0 spiro atoms. The quantitative estimate of drug-likeness (QED) is 0.0393. The van der Waals surface area contributed by atoms with Crippen LogP contribution in [0, 0.1) is 5.92 Å². The Morgan fingerprint density at radius 2 is 0.705 bits per heavy atom. The Morgan fingerprint density at radius 3 is 1.07 bits per heavy atom. The van der Waals surface area contributed by atoms with Crippen LogP contribution in [0.1, 0.15) is 239 Å². The van der Waals surface area contributed by atoms with Crippen molar-refractivity contribution in [3.05, 3.63) is 12.2 Å². The minimum atomic E-state index is 0.105. The first-order chi connectivity index (χ1) is 21.8. The maximum Gasteiger partial charge on any atom is 0.308 e. The number of carbonyl (C=O) groups is 1. The van der Waals surface area contributed by atoms with E-state index < -0.39 is 0 Å². The summed E-state index contributed by atoms with van der Waals surface area (Å²) in [7, 11) is 0. The van der Waals surface area contributed by atoms with Gasteiger partial charge in [-0.15, -0.1) is 0 Å². The molecule has 262 valence electrons. The van der Waals surface area contributed by atoms with Gasteiger partial charge in [0.25, 0.3) is 0 Å². The van der Waals surface area contributed by atoms with Crippen LogP contribution in [-0.2, 0) is 9.53 Å². The molecule has 0 aromatic heterocycles. The van der Waals surface area contributed by atoms with Gasteiger partial charge in [-0.3, -0.25) is 4.79 Å². The number of unbranched alkanes of at least 4 members (excludes halogenated alkanes) is 28. The third-order valence-electron chi connectivity index (χ3n) is 9.55. The maximum absolute atomic E-state index is 13.0. The van der Waals surface area contributed by atoms with E-state index in [1.807, 2.05) is 0 Å². The van der Waals surface area contributed by atoms with Crippen molar-refractivity contribution < 1.29 is 9.53 Å². The highest BCUT2D eigenvalue weighted by Crippen LogP contribution is 2.21. The van der Waals surface area contributed by atoms with Gasteiger partial charge in [-0.25, -0.2) is 0 Å². The molecule has 0 aliphatic carbocycles. The Kier molecular flexibility index (Phi) is 37.7. The molecule has 0 amide bonds. The molecule has 0 saturated heterocycles. The number of allylic oxidation sites excluding steroid dienone is 2. The van der Waals surface area contributed by atoms with Crippen LogP contribution in [0.2, 0.25) is 0 Å². The van der Waals surface area contributed by atoms with Crippen molar-refractivity contribution in [1.29, 1.82) is 0 Å². The van der Waals surface area contributed by atoms with Crippen LogP contribution in [0.15, 0.2) is 12.2 Å². The van der Waals surface area contributed by atoms with Crippen LogP contribution in [0.5, 0.6) is 0 Å². The van der Waals surface area contributed by atoms with E-state index in [0.717, 1.165) is 19.3 Å². The molecule has 0 aliphatic heterocycles. The normalized spacial score (nSPS) is 12.3. The van der Waals surface area contributed by atoms with E-state index in [2.05, 4.69) is 32.9 Å². The minimum absolute atomic E-state index is 0.105. The average molecular weight is 619 g/mol. The lowest BCUT2D eigenvalue weighted by atomic mass is 9.94. The van der Waals surface area contributed by atoms with Gasteiger partial charge in [0.1, 0.15) is 0 Å². The van der Waals surface area contributed by atoms with Crippen LogP contribution in [0.25, 0.3) is 0 Å². The Bertz CT molecular complexity index is 568. The highest BCUT2D eigenvalue weighted by molar-refractivity contribution is 5.72. The number of esters is 1. The van der Waals surface area contributed by atoms with Gasteiger partial charge in [0, 0.05) is 0 Å². The maximum atomic E-state index is 13.0. The SMILES string of the molecule is CCCCCCCC/C=C\CCCCCCC(CCCCCCCCCC)C(=O)OCCCCCCCCCCCCCC. The molecule has 0 radical (unpaired) electrons. The molecule has 0 fully saturated rings. The van der Waals surface area contributed by atoms with E-state index >= 15 is 0 Å². The van der Waals surface area contributed by atoms with Crippen LogP contribution < -0.4 is 0 Å². The van der Waals surface area contributed by atoms with Gasteiger partial charge in [-0.1, -0.05) is 206 Å². The summed E-state index contributed by atoms with van der Waals surface area (Å²) < 4.78 is 5.84. The summed E-state index contributed by atoms with van der Waals surface area (Å²) >= 11 is 0. The molecule has 2 nitrogen and oxygen atoms in total. The summed E-state index contributed by atoms with van der Waals surface area (Å²) in [5.74, 6) is 0.235. The molecule has 0 heterocycles. The Morgan fingerprint density at radius 1 is 0.409 bits per heavy atom. The average Bonchev–Trinajstić information content (AvgIpc) is 3.03. The summed E-state index contributed by atoms with van der Waals surface area (Å²) in [4.78, 5) is 13.0. The molecular weight excluding hydrogens is 536 g/mol. The Labute approximate surface area is 278 Å². The fourth-order valence-corrected chi connectivity index (χ4v) is 6.42. The van der Waals surface area contributed by atoms with Gasteiger partial charge in [-0.2, -0.15) is 0 Å². The van der Waals surface area contributed by atoms with Crippen molar-refractivity contribution in [3.8, 4) is 0 Å². The number of ether oxygens (including phenoxy) is 1. The molecule has 0 aromatic rings. The summed E-state index contributed by atoms with van der Waals surface area (Å²) in [5, 5.41) is 0. The van der Waals surface area contributed by atoms with Crippen LogP contribution in [-0.4, -0.2) is 12.6 Å². The first kappa shape index (κ1) is 43.2. The van der Waals surface area contributed by atoms with Crippen LogP contribution in [0.4, 0.5) is 0 Å².